The van der Waals surface area contributed by atoms with Crippen molar-refractivity contribution < 1.29 is 9.13 Å². The van der Waals surface area contributed by atoms with Gasteiger partial charge in [0.25, 0.3) is 0 Å². The van der Waals surface area contributed by atoms with Crippen molar-refractivity contribution in [2.45, 2.75) is 25.8 Å². The Hall–Kier alpha value is -1.35. The van der Waals surface area contributed by atoms with E-state index in [1.54, 1.807) is 0 Å². The van der Waals surface area contributed by atoms with Gasteiger partial charge < -0.3 is 10.1 Å². The van der Waals surface area contributed by atoms with Gasteiger partial charge >= 0.3 is 0 Å². The van der Waals surface area contributed by atoms with Gasteiger partial charge in [-0.1, -0.05) is 18.7 Å². The summed E-state index contributed by atoms with van der Waals surface area (Å²) in [6, 6.07) is 7.03. The molecule has 0 radical (unpaired) electrons. The maximum atomic E-state index is 12.7. The summed E-state index contributed by atoms with van der Waals surface area (Å²) in [5.41, 5.74) is 1.15. The Balaban J connectivity index is 2.18. The Labute approximate surface area is 102 Å². The van der Waals surface area contributed by atoms with Gasteiger partial charge in [0, 0.05) is 6.04 Å². The summed E-state index contributed by atoms with van der Waals surface area (Å²) in [5, 5.41) is 3.40. The summed E-state index contributed by atoms with van der Waals surface area (Å²) in [4.78, 5) is 0. The number of rotatable bonds is 8. The Morgan fingerprint density at radius 2 is 2.12 bits per heavy atom. The van der Waals surface area contributed by atoms with E-state index in [2.05, 4.69) is 18.8 Å². The molecule has 0 bridgehead atoms. The minimum Gasteiger partial charge on any atom is -0.502 e. The first-order valence-corrected chi connectivity index (χ1v) is 5.92. The van der Waals surface area contributed by atoms with Crippen molar-refractivity contribution in [3.05, 3.63) is 48.5 Å². The minimum absolute atomic E-state index is 0.184. The Morgan fingerprint density at radius 1 is 1.41 bits per heavy atom. The minimum atomic E-state index is -0.184. The smallest absolute Gasteiger partial charge is 0.123 e. The van der Waals surface area contributed by atoms with Crippen LogP contribution in [0.15, 0.2) is 37.1 Å². The molecule has 0 aromatic heterocycles. The molecule has 94 valence electrons. The second kappa shape index (κ2) is 7.85. The van der Waals surface area contributed by atoms with Crippen LogP contribution in [0, 0.1) is 5.82 Å². The largest absolute Gasteiger partial charge is 0.502 e. The van der Waals surface area contributed by atoms with E-state index < -0.39 is 0 Å². The van der Waals surface area contributed by atoms with Crippen LogP contribution in [0.4, 0.5) is 4.39 Å². The molecule has 0 fully saturated rings. The maximum Gasteiger partial charge on any atom is 0.123 e. The standard InChI is InChI=1S/C14H20FNO/c1-3-17-10-4-9-16-12(2)11-13-5-7-14(15)8-6-13/h3,5-8,12,16H,1,4,9-11H2,2H3. The predicted molar refractivity (Wildman–Crippen MR) is 68.3 cm³/mol. The van der Waals surface area contributed by atoms with Crippen LogP contribution < -0.4 is 5.32 Å². The summed E-state index contributed by atoms with van der Waals surface area (Å²) in [7, 11) is 0. The van der Waals surface area contributed by atoms with Gasteiger partial charge in [0.15, 0.2) is 0 Å². The van der Waals surface area contributed by atoms with Crippen molar-refractivity contribution in [3.8, 4) is 0 Å². The van der Waals surface area contributed by atoms with E-state index >= 15 is 0 Å². The van der Waals surface area contributed by atoms with Crippen molar-refractivity contribution in [2.75, 3.05) is 13.2 Å². The zero-order valence-corrected chi connectivity index (χ0v) is 10.3. The molecule has 0 heterocycles. The van der Waals surface area contributed by atoms with Crippen molar-refractivity contribution in [2.24, 2.45) is 0 Å². The molecule has 1 rings (SSSR count). The van der Waals surface area contributed by atoms with Crippen molar-refractivity contribution in [1.82, 2.24) is 5.32 Å². The van der Waals surface area contributed by atoms with Crippen LogP contribution in [-0.2, 0) is 11.2 Å². The van der Waals surface area contributed by atoms with Gasteiger partial charge in [0.2, 0.25) is 0 Å². The number of nitrogens with one attached hydrogen (secondary N) is 1. The van der Waals surface area contributed by atoms with Crippen molar-refractivity contribution in [1.29, 1.82) is 0 Å². The van der Waals surface area contributed by atoms with Gasteiger partial charge in [-0.05, 0) is 44.0 Å². The molecule has 2 nitrogen and oxygen atoms in total. The predicted octanol–water partition coefficient (Wildman–Crippen LogP) is 2.90. The monoisotopic (exact) mass is 237 g/mol. The second-order valence-electron chi connectivity index (χ2n) is 4.08. The molecule has 0 saturated heterocycles. The maximum absolute atomic E-state index is 12.7. The van der Waals surface area contributed by atoms with Gasteiger partial charge in [0.05, 0.1) is 12.9 Å². The third-order valence-corrected chi connectivity index (χ3v) is 2.50. The van der Waals surface area contributed by atoms with Crippen LogP contribution in [0.2, 0.25) is 0 Å². The fraction of sp³-hybridized carbons (Fsp3) is 0.429. The van der Waals surface area contributed by atoms with E-state index in [1.165, 1.54) is 18.4 Å². The second-order valence-corrected chi connectivity index (χ2v) is 4.08. The van der Waals surface area contributed by atoms with Crippen LogP contribution in [0.1, 0.15) is 18.9 Å². The van der Waals surface area contributed by atoms with Crippen LogP contribution >= 0.6 is 0 Å². The molecule has 0 saturated carbocycles. The first-order chi connectivity index (χ1) is 8.22. The highest BCUT2D eigenvalue weighted by atomic mass is 19.1. The fourth-order valence-electron chi connectivity index (χ4n) is 1.63. The van der Waals surface area contributed by atoms with Crippen LogP contribution in [0.3, 0.4) is 0 Å². The molecule has 1 aromatic rings. The van der Waals surface area contributed by atoms with Gasteiger partial charge in [-0.2, -0.15) is 0 Å². The van der Waals surface area contributed by atoms with Crippen LogP contribution in [0.5, 0.6) is 0 Å². The number of benzene rings is 1. The van der Waals surface area contributed by atoms with E-state index in [9.17, 15) is 4.39 Å². The first kappa shape index (κ1) is 13.7. The SMILES string of the molecule is C=COCCCNC(C)Cc1ccc(F)cc1. The average molecular weight is 237 g/mol. The Morgan fingerprint density at radius 3 is 2.76 bits per heavy atom. The highest BCUT2D eigenvalue weighted by Crippen LogP contribution is 2.05. The molecule has 0 aliphatic carbocycles. The van der Waals surface area contributed by atoms with Gasteiger partial charge in [0.1, 0.15) is 5.82 Å². The van der Waals surface area contributed by atoms with Crippen LogP contribution in [0.25, 0.3) is 0 Å². The average Bonchev–Trinajstić information content (AvgIpc) is 2.32. The zero-order valence-electron chi connectivity index (χ0n) is 10.3. The lowest BCUT2D eigenvalue weighted by molar-refractivity contribution is 0.243. The van der Waals surface area contributed by atoms with E-state index in [-0.39, 0.29) is 5.82 Å². The van der Waals surface area contributed by atoms with Gasteiger partial charge in [-0.15, -0.1) is 0 Å². The molecule has 3 heteroatoms. The van der Waals surface area contributed by atoms with E-state index in [0.29, 0.717) is 12.6 Å². The number of halogens is 1. The fourth-order valence-corrected chi connectivity index (χ4v) is 1.63. The summed E-state index contributed by atoms with van der Waals surface area (Å²) in [5.74, 6) is -0.184. The first-order valence-electron chi connectivity index (χ1n) is 5.92. The molecule has 1 atom stereocenters. The summed E-state index contributed by atoms with van der Waals surface area (Å²) in [6.45, 7) is 7.21. The Bertz CT molecular complexity index is 323. The summed E-state index contributed by atoms with van der Waals surface area (Å²) < 4.78 is 17.7. The molecule has 1 unspecified atom stereocenters. The van der Waals surface area contributed by atoms with E-state index in [1.807, 2.05) is 12.1 Å². The molecular formula is C14H20FNO. The highest BCUT2D eigenvalue weighted by Gasteiger charge is 2.02. The number of ether oxygens (including phenoxy) is 1. The lowest BCUT2D eigenvalue weighted by atomic mass is 10.1. The lowest BCUT2D eigenvalue weighted by Gasteiger charge is -2.13. The summed E-state index contributed by atoms with van der Waals surface area (Å²) in [6.07, 6.45) is 3.32. The molecule has 0 aliphatic rings. The van der Waals surface area contributed by atoms with Gasteiger partial charge in [-0.25, -0.2) is 4.39 Å². The van der Waals surface area contributed by atoms with Crippen molar-refractivity contribution in [3.63, 3.8) is 0 Å². The molecular weight excluding hydrogens is 217 g/mol. The quantitative estimate of drug-likeness (QED) is 0.554. The van der Waals surface area contributed by atoms with E-state index in [0.717, 1.165) is 24.9 Å². The lowest BCUT2D eigenvalue weighted by Crippen LogP contribution is -2.29. The highest BCUT2D eigenvalue weighted by molar-refractivity contribution is 5.16. The topological polar surface area (TPSA) is 21.3 Å². The molecule has 0 aliphatic heterocycles. The molecule has 1 aromatic carbocycles. The van der Waals surface area contributed by atoms with Crippen molar-refractivity contribution >= 4 is 0 Å². The zero-order chi connectivity index (χ0) is 12.5. The third-order valence-electron chi connectivity index (χ3n) is 2.50. The molecule has 17 heavy (non-hydrogen) atoms. The Kier molecular flexibility index (Phi) is 6.33. The van der Waals surface area contributed by atoms with E-state index in [4.69, 9.17) is 4.74 Å². The van der Waals surface area contributed by atoms with Crippen LogP contribution in [-0.4, -0.2) is 19.2 Å². The number of hydrogen-bond acceptors (Lipinski definition) is 2. The molecule has 0 amide bonds. The molecule has 1 N–H and O–H groups in total. The normalized spacial score (nSPS) is 12.1. The summed E-state index contributed by atoms with van der Waals surface area (Å²) >= 11 is 0. The third kappa shape index (κ3) is 6.07. The molecule has 0 spiro atoms. The van der Waals surface area contributed by atoms with Gasteiger partial charge in [-0.3, -0.25) is 0 Å². The number of hydrogen-bond donors (Lipinski definition) is 1.